The van der Waals surface area contributed by atoms with Crippen molar-refractivity contribution in [2.45, 2.75) is 58.2 Å². The van der Waals surface area contributed by atoms with E-state index in [4.69, 9.17) is 4.74 Å². The number of hydrogen-bond donors (Lipinski definition) is 0. The molecule has 5 heteroatoms. The molecule has 0 bridgehead atoms. The third-order valence-electron chi connectivity index (χ3n) is 5.36. The molecule has 1 saturated carbocycles. The topological polar surface area (TPSA) is 43.4 Å². The minimum absolute atomic E-state index is 0.179. The van der Waals surface area contributed by atoms with Crippen LogP contribution < -0.4 is 0 Å². The van der Waals surface area contributed by atoms with Gasteiger partial charge in [-0.2, -0.15) is 0 Å². The van der Waals surface area contributed by atoms with Crippen LogP contribution in [0.2, 0.25) is 44.3 Å². The number of rotatable bonds is 4. The van der Waals surface area contributed by atoms with E-state index in [-0.39, 0.29) is 23.1 Å². The maximum atomic E-state index is 13.3. The SMILES string of the molecule is CCOC(=O)[C@H]1[C@]2(C)C=C([Si](C)(C)C)C(=O)[C@]12[Si](C)(C)C. The van der Waals surface area contributed by atoms with Crippen molar-refractivity contribution in [2.75, 3.05) is 6.61 Å². The number of hydrogen-bond acceptors (Lipinski definition) is 3. The summed E-state index contributed by atoms with van der Waals surface area (Å²) in [6.45, 7) is 17.6. The van der Waals surface area contributed by atoms with Crippen molar-refractivity contribution in [2.24, 2.45) is 11.3 Å². The highest BCUT2D eigenvalue weighted by Gasteiger charge is 2.86. The minimum atomic E-state index is -1.87. The third kappa shape index (κ3) is 1.89. The van der Waals surface area contributed by atoms with Crippen LogP contribution in [0, 0.1) is 11.3 Å². The van der Waals surface area contributed by atoms with Gasteiger partial charge in [0.1, 0.15) is 0 Å². The van der Waals surface area contributed by atoms with Crippen LogP contribution in [0.15, 0.2) is 11.3 Å². The zero-order chi connectivity index (χ0) is 16.4. The summed E-state index contributed by atoms with van der Waals surface area (Å²) in [6.07, 6.45) is 2.15. The summed E-state index contributed by atoms with van der Waals surface area (Å²) in [5, 5.41) is 0.565. The molecule has 0 aromatic carbocycles. The average Bonchev–Trinajstić information content (AvgIpc) is 2.76. The van der Waals surface area contributed by atoms with Crippen molar-refractivity contribution < 1.29 is 14.3 Å². The summed E-state index contributed by atoms with van der Waals surface area (Å²) in [7, 11) is -3.54. The Labute approximate surface area is 130 Å². The Morgan fingerprint density at radius 3 is 2.10 bits per heavy atom. The standard InChI is InChI=1S/C16H28O3Si2/c1-9-19-14(18)12-15(2)10-11(20(3,4)5)13(17)16(12,15)21(6,7)8/h10,12H,9H2,1-8H3/t12-,15-,16+/m0/s1. The Bertz CT molecular complexity index is 539. The Balaban J connectivity index is 2.55. The lowest BCUT2D eigenvalue weighted by atomic mass is 10.1. The largest absolute Gasteiger partial charge is 0.466 e. The van der Waals surface area contributed by atoms with E-state index < -0.39 is 21.2 Å². The Morgan fingerprint density at radius 2 is 1.76 bits per heavy atom. The highest BCUT2D eigenvalue weighted by Crippen LogP contribution is 2.84. The van der Waals surface area contributed by atoms with E-state index in [1.165, 1.54) is 0 Å². The maximum absolute atomic E-state index is 13.3. The minimum Gasteiger partial charge on any atom is -0.466 e. The first-order valence-corrected chi connectivity index (χ1v) is 14.8. The van der Waals surface area contributed by atoms with Crippen molar-refractivity contribution in [3.05, 3.63) is 11.3 Å². The molecule has 0 aliphatic heterocycles. The van der Waals surface area contributed by atoms with E-state index in [9.17, 15) is 9.59 Å². The molecule has 21 heavy (non-hydrogen) atoms. The summed E-state index contributed by atoms with van der Waals surface area (Å²) in [6, 6.07) is 0. The molecule has 0 radical (unpaired) electrons. The van der Waals surface area contributed by atoms with Gasteiger partial charge in [0.05, 0.1) is 33.7 Å². The van der Waals surface area contributed by atoms with Crippen molar-refractivity contribution in [3.8, 4) is 0 Å². The first-order valence-electron chi connectivity index (χ1n) is 7.80. The third-order valence-corrected chi connectivity index (χ3v) is 10.8. The van der Waals surface area contributed by atoms with Gasteiger partial charge in [0, 0.05) is 5.41 Å². The van der Waals surface area contributed by atoms with Crippen molar-refractivity contribution in [1.82, 2.24) is 0 Å². The normalized spacial score (nSPS) is 35.3. The lowest BCUT2D eigenvalue weighted by Crippen LogP contribution is -2.42. The molecule has 0 unspecified atom stereocenters. The lowest BCUT2D eigenvalue weighted by molar-refractivity contribution is -0.146. The Hall–Kier alpha value is -0.686. The highest BCUT2D eigenvalue weighted by atomic mass is 28.3. The average molecular weight is 325 g/mol. The molecule has 0 amide bonds. The molecule has 2 aliphatic carbocycles. The van der Waals surface area contributed by atoms with Gasteiger partial charge in [-0.3, -0.25) is 9.59 Å². The fraction of sp³-hybridized carbons (Fsp3) is 0.750. The van der Waals surface area contributed by atoms with Crippen molar-refractivity contribution in [1.29, 1.82) is 0 Å². The predicted molar refractivity (Wildman–Crippen MR) is 90.7 cm³/mol. The van der Waals surface area contributed by atoms with Gasteiger partial charge in [-0.25, -0.2) is 0 Å². The molecule has 2 aliphatic rings. The van der Waals surface area contributed by atoms with Crippen LogP contribution in [0.3, 0.4) is 0 Å². The van der Waals surface area contributed by atoms with E-state index in [2.05, 4.69) is 52.3 Å². The number of carbonyl (C=O) groups is 2. The fourth-order valence-electron chi connectivity index (χ4n) is 4.58. The summed E-state index contributed by atoms with van der Waals surface area (Å²) in [5.41, 5.74) is -0.309. The van der Waals surface area contributed by atoms with Crippen LogP contribution in [-0.2, 0) is 14.3 Å². The van der Waals surface area contributed by atoms with Crippen LogP contribution in [-0.4, -0.2) is 34.5 Å². The maximum Gasteiger partial charge on any atom is 0.310 e. The molecule has 2 rings (SSSR count). The molecule has 0 saturated heterocycles. The van der Waals surface area contributed by atoms with Crippen LogP contribution in [0.5, 0.6) is 0 Å². The highest BCUT2D eigenvalue weighted by molar-refractivity contribution is 6.92. The number of ether oxygens (including phenoxy) is 1. The van der Waals surface area contributed by atoms with Gasteiger partial charge >= 0.3 is 5.97 Å². The van der Waals surface area contributed by atoms with Gasteiger partial charge < -0.3 is 4.74 Å². The second kappa shape index (κ2) is 4.41. The number of Topliss-reactive ketones (excluding diaryl/α,β-unsaturated/α-hetero) is 1. The quantitative estimate of drug-likeness (QED) is 0.585. The van der Waals surface area contributed by atoms with Gasteiger partial charge in [-0.1, -0.05) is 52.3 Å². The fourth-order valence-corrected chi connectivity index (χ4v) is 10.2. The van der Waals surface area contributed by atoms with E-state index in [1.807, 2.05) is 6.92 Å². The predicted octanol–water partition coefficient (Wildman–Crippen LogP) is 3.65. The molecule has 0 N–H and O–H groups in total. The van der Waals surface area contributed by atoms with Crippen LogP contribution in [0.1, 0.15) is 13.8 Å². The Kier molecular flexibility index (Phi) is 3.51. The number of ketones is 1. The molecule has 0 aromatic rings. The first-order chi connectivity index (χ1) is 9.35. The molecular formula is C16H28O3Si2. The number of allylic oxidation sites excluding steroid dienone is 2. The van der Waals surface area contributed by atoms with E-state index in [1.54, 1.807) is 0 Å². The van der Waals surface area contributed by atoms with Gasteiger partial charge in [0.2, 0.25) is 0 Å². The van der Waals surface area contributed by atoms with Crippen LogP contribution in [0.25, 0.3) is 0 Å². The lowest BCUT2D eigenvalue weighted by Gasteiger charge is -2.31. The van der Waals surface area contributed by atoms with Crippen LogP contribution >= 0.6 is 0 Å². The Morgan fingerprint density at radius 1 is 1.24 bits per heavy atom. The van der Waals surface area contributed by atoms with E-state index >= 15 is 0 Å². The number of carbonyl (C=O) groups excluding carboxylic acids is 2. The van der Waals surface area contributed by atoms with Gasteiger partial charge in [0.15, 0.2) is 5.78 Å². The molecule has 1 fully saturated rings. The van der Waals surface area contributed by atoms with Crippen molar-refractivity contribution in [3.63, 3.8) is 0 Å². The van der Waals surface area contributed by atoms with E-state index in [0.29, 0.717) is 6.61 Å². The summed E-state index contributed by atoms with van der Waals surface area (Å²) >= 11 is 0. The van der Waals surface area contributed by atoms with Gasteiger partial charge in [-0.15, -0.1) is 0 Å². The molecule has 0 heterocycles. The van der Waals surface area contributed by atoms with Crippen molar-refractivity contribution >= 4 is 27.9 Å². The monoisotopic (exact) mass is 324 g/mol. The van der Waals surface area contributed by atoms with Gasteiger partial charge in [0.25, 0.3) is 0 Å². The smallest absolute Gasteiger partial charge is 0.310 e. The number of esters is 1. The molecule has 0 aromatic heterocycles. The molecule has 0 spiro atoms. The summed E-state index contributed by atoms with van der Waals surface area (Å²) in [5.74, 6) is -0.174. The molecule has 118 valence electrons. The zero-order valence-electron chi connectivity index (χ0n) is 14.6. The number of fused-ring (bicyclic) bond motifs is 1. The summed E-state index contributed by atoms with van der Waals surface area (Å²) < 4.78 is 5.27. The zero-order valence-corrected chi connectivity index (χ0v) is 16.6. The summed E-state index contributed by atoms with van der Waals surface area (Å²) in [4.78, 5) is 25.7. The second-order valence-corrected chi connectivity index (χ2v) is 19.0. The van der Waals surface area contributed by atoms with E-state index in [0.717, 1.165) is 5.20 Å². The second-order valence-electron chi connectivity index (χ2n) is 8.66. The van der Waals surface area contributed by atoms with Gasteiger partial charge in [-0.05, 0) is 12.1 Å². The molecule has 3 nitrogen and oxygen atoms in total. The molecule has 3 atom stereocenters. The first kappa shape index (κ1) is 16.7. The molecular weight excluding hydrogens is 296 g/mol. The van der Waals surface area contributed by atoms with Crippen LogP contribution in [0.4, 0.5) is 0 Å².